The number of carboxylic acid groups (broad SMARTS) is 2. The molecule has 0 aliphatic rings. The van der Waals surface area contributed by atoms with Crippen molar-refractivity contribution in [2.24, 2.45) is 0 Å². The van der Waals surface area contributed by atoms with Crippen molar-refractivity contribution in [3.63, 3.8) is 0 Å². The first-order valence-corrected chi connectivity index (χ1v) is 9.39. The van der Waals surface area contributed by atoms with E-state index >= 15 is 0 Å². The Bertz CT molecular complexity index is 1350. The second kappa shape index (κ2) is 8.44. The first-order valence-electron chi connectivity index (χ1n) is 9.39. The summed E-state index contributed by atoms with van der Waals surface area (Å²) < 4.78 is 5.64. The number of carboxylic acids is 2. The van der Waals surface area contributed by atoms with Crippen molar-refractivity contribution in [1.29, 1.82) is 0 Å². The van der Waals surface area contributed by atoms with Crippen LogP contribution in [-0.2, 0) is 0 Å². The number of aromatic carboxylic acids is 2. The highest BCUT2D eigenvalue weighted by Gasteiger charge is 2.15. The molecular weight excluding hydrogens is 392 g/mol. The zero-order valence-corrected chi connectivity index (χ0v) is 16.2. The largest absolute Gasteiger partial charge is 0.478 e. The summed E-state index contributed by atoms with van der Waals surface area (Å²) in [6.45, 7) is 0. The van der Waals surface area contributed by atoms with Gasteiger partial charge in [0.1, 0.15) is 17.1 Å². The Kier molecular flexibility index (Phi) is 5.37. The van der Waals surface area contributed by atoms with Crippen LogP contribution in [-0.4, -0.2) is 22.2 Å². The molecular formula is C26H16O5. The standard InChI is InChI=1S/C26H16O5/c27-25(28)20-12-15-23(26(29)30)24(16-20)31-21-13-9-17(10-14-21)8-11-19-6-3-5-18-4-1-2-7-22(18)19/h1-7,9-10,12-16H,(H,27,28)(H,29,30). The van der Waals surface area contributed by atoms with Crippen molar-refractivity contribution in [1.82, 2.24) is 0 Å². The Morgan fingerprint density at radius 3 is 2.23 bits per heavy atom. The second-order valence-corrected chi connectivity index (χ2v) is 6.72. The lowest BCUT2D eigenvalue weighted by atomic mass is 10.0. The maximum absolute atomic E-state index is 11.4. The zero-order chi connectivity index (χ0) is 21.8. The van der Waals surface area contributed by atoms with E-state index in [9.17, 15) is 14.7 Å². The first-order chi connectivity index (χ1) is 15.0. The number of rotatable bonds is 4. The normalized spacial score (nSPS) is 10.2. The summed E-state index contributed by atoms with van der Waals surface area (Å²) in [5.74, 6) is 4.27. The van der Waals surface area contributed by atoms with Crippen LogP contribution in [0.1, 0.15) is 31.8 Å². The van der Waals surface area contributed by atoms with Crippen LogP contribution >= 0.6 is 0 Å². The highest BCUT2D eigenvalue weighted by molar-refractivity contribution is 5.94. The number of carbonyl (C=O) groups is 2. The molecule has 0 heterocycles. The van der Waals surface area contributed by atoms with E-state index < -0.39 is 11.9 Å². The predicted octanol–water partition coefficient (Wildman–Crippen LogP) is 5.43. The molecule has 0 unspecified atom stereocenters. The van der Waals surface area contributed by atoms with Gasteiger partial charge in [0.05, 0.1) is 5.56 Å². The van der Waals surface area contributed by atoms with Gasteiger partial charge in [-0.25, -0.2) is 9.59 Å². The van der Waals surface area contributed by atoms with Gasteiger partial charge in [0.15, 0.2) is 0 Å². The highest BCUT2D eigenvalue weighted by Crippen LogP contribution is 2.27. The average Bonchev–Trinajstić information content (AvgIpc) is 2.78. The molecule has 0 atom stereocenters. The van der Waals surface area contributed by atoms with Crippen molar-refractivity contribution in [3.05, 3.63) is 107 Å². The van der Waals surface area contributed by atoms with E-state index in [-0.39, 0.29) is 16.9 Å². The fraction of sp³-hybridized carbons (Fsp3) is 0. The minimum atomic E-state index is -1.20. The number of fused-ring (bicyclic) bond motifs is 1. The van der Waals surface area contributed by atoms with Crippen molar-refractivity contribution in [2.75, 3.05) is 0 Å². The van der Waals surface area contributed by atoms with Gasteiger partial charge in [-0.05, 0) is 59.3 Å². The lowest BCUT2D eigenvalue weighted by Gasteiger charge is -2.09. The van der Waals surface area contributed by atoms with E-state index in [1.165, 1.54) is 18.2 Å². The lowest BCUT2D eigenvalue weighted by molar-refractivity contribution is 0.0678. The molecule has 4 aromatic rings. The van der Waals surface area contributed by atoms with Crippen LogP contribution in [0.2, 0.25) is 0 Å². The van der Waals surface area contributed by atoms with Crippen LogP contribution in [0.3, 0.4) is 0 Å². The van der Waals surface area contributed by atoms with Crippen LogP contribution in [0.15, 0.2) is 84.9 Å². The predicted molar refractivity (Wildman–Crippen MR) is 117 cm³/mol. The van der Waals surface area contributed by atoms with Crippen molar-refractivity contribution < 1.29 is 24.5 Å². The third kappa shape index (κ3) is 4.39. The fourth-order valence-corrected chi connectivity index (χ4v) is 3.12. The third-order valence-corrected chi connectivity index (χ3v) is 4.67. The molecule has 0 fully saturated rings. The summed E-state index contributed by atoms with van der Waals surface area (Å²) >= 11 is 0. The van der Waals surface area contributed by atoms with Gasteiger partial charge in [0.2, 0.25) is 0 Å². The molecule has 0 aliphatic carbocycles. The Hall–Kier alpha value is -4.56. The van der Waals surface area contributed by atoms with Crippen molar-refractivity contribution in [2.45, 2.75) is 0 Å². The van der Waals surface area contributed by atoms with E-state index in [4.69, 9.17) is 9.84 Å². The monoisotopic (exact) mass is 408 g/mol. The van der Waals surface area contributed by atoms with Crippen molar-refractivity contribution in [3.8, 4) is 23.3 Å². The second-order valence-electron chi connectivity index (χ2n) is 6.72. The molecule has 0 saturated heterocycles. The first kappa shape index (κ1) is 19.7. The Balaban J connectivity index is 1.59. The molecule has 0 aliphatic heterocycles. The van der Waals surface area contributed by atoms with E-state index in [0.29, 0.717) is 5.75 Å². The summed E-state index contributed by atoms with van der Waals surface area (Å²) in [6, 6.07) is 24.5. The van der Waals surface area contributed by atoms with Gasteiger partial charge >= 0.3 is 11.9 Å². The maximum atomic E-state index is 11.4. The molecule has 5 nitrogen and oxygen atoms in total. The van der Waals surface area contributed by atoms with E-state index in [0.717, 1.165) is 21.9 Å². The molecule has 4 rings (SSSR count). The average molecular weight is 408 g/mol. The molecule has 0 amide bonds. The molecule has 0 spiro atoms. The van der Waals surface area contributed by atoms with Gasteiger partial charge in [-0.15, -0.1) is 0 Å². The van der Waals surface area contributed by atoms with Crippen LogP contribution in [0.25, 0.3) is 10.8 Å². The molecule has 0 saturated carbocycles. The summed E-state index contributed by atoms with van der Waals surface area (Å²) in [4.78, 5) is 22.6. The molecule has 31 heavy (non-hydrogen) atoms. The zero-order valence-electron chi connectivity index (χ0n) is 16.2. The van der Waals surface area contributed by atoms with Crippen LogP contribution in [0, 0.1) is 11.8 Å². The molecule has 150 valence electrons. The minimum Gasteiger partial charge on any atom is -0.478 e. The Labute approximate surface area is 178 Å². The summed E-state index contributed by atoms with van der Waals surface area (Å²) in [6.07, 6.45) is 0. The van der Waals surface area contributed by atoms with E-state index in [1.807, 2.05) is 42.5 Å². The molecule has 4 aromatic carbocycles. The molecule has 0 radical (unpaired) electrons. The fourth-order valence-electron chi connectivity index (χ4n) is 3.12. The number of hydrogen-bond donors (Lipinski definition) is 2. The Morgan fingerprint density at radius 1 is 0.742 bits per heavy atom. The number of benzene rings is 4. The van der Waals surface area contributed by atoms with E-state index in [1.54, 1.807) is 24.3 Å². The molecule has 0 bridgehead atoms. The molecule has 0 aromatic heterocycles. The van der Waals surface area contributed by atoms with Crippen LogP contribution in [0.4, 0.5) is 0 Å². The molecule has 2 N–H and O–H groups in total. The van der Waals surface area contributed by atoms with Gasteiger partial charge in [0, 0.05) is 11.1 Å². The summed E-state index contributed by atoms with van der Waals surface area (Å²) in [5.41, 5.74) is 1.51. The highest BCUT2D eigenvalue weighted by atomic mass is 16.5. The maximum Gasteiger partial charge on any atom is 0.339 e. The number of ether oxygens (including phenoxy) is 1. The van der Waals surface area contributed by atoms with Crippen LogP contribution < -0.4 is 4.74 Å². The van der Waals surface area contributed by atoms with Crippen molar-refractivity contribution >= 4 is 22.7 Å². The summed E-state index contributed by atoms with van der Waals surface area (Å²) in [7, 11) is 0. The van der Waals surface area contributed by atoms with Gasteiger partial charge in [0.25, 0.3) is 0 Å². The van der Waals surface area contributed by atoms with Crippen LogP contribution in [0.5, 0.6) is 11.5 Å². The number of hydrogen-bond acceptors (Lipinski definition) is 3. The topological polar surface area (TPSA) is 83.8 Å². The third-order valence-electron chi connectivity index (χ3n) is 4.67. The molecule has 5 heteroatoms. The van der Waals surface area contributed by atoms with Gasteiger partial charge in [-0.3, -0.25) is 0 Å². The smallest absolute Gasteiger partial charge is 0.339 e. The summed E-state index contributed by atoms with van der Waals surface area (Å²) in [5, 5.41) is 20.7. The van der Waals surface area contributed by atoms with Gasteiger partial charge in [-0.1, -0.05) is 48.2 Å². The SMILES string of the molecule is O=C(O)c1ccc(C(=O)O)c(Oc2ccc(C#Cc3cccc4ccccc34)cc2)c1. The van der Waals surface area contributed by atoms with E-state index in [2.05, 4.69) is 11.8 Å². The lowest BCUT2D eigenvalue weighted by Crippen LogP contribution is -2.03. The Morgan fingerprint density at radius 2 is 1.48 bits per heavy atom. The quantitative estimate of drug-likeness (QED) is 0.440. The minimum absolute atomic E-state index is 0.0398. The van der Waals surface area contributed by atoms with Gasteiger partial charge < -0.3 is 14.9 Å². The van der Waals surface area contributed by atoms with Gasteiger partial charge in [-0.2, -0.15) is 0 Å².